The Labute approximate surface area is 119 Å². The molecule has 0 saturated heterocycles. The van der Waals surface area contributed by atoms with Gasteiger partial charge in [0.25, 0.3) is 5.91 Å². The van der Waals surface area contributed by atoms with E-state index in [0.717, 1.165) is 0 Å². The molecule has 0 aromatic heterocycles. The zero-order valence-electron chi connectivity index (χ0n) is 12.1. The first-order valence-electron chi connectivity index (χ1n) is 6.58. The Kier molecular flexibility index (Phi) is 6.03. The summed E-state index contributed by atoms with van der Waals surface area (Å²) in [5, 5.41) is 8.55. The monoisotopic (exact) mass is 279 g/mol. The molecule has 5 heteroatoms. The molecule has 110 valence electrons. The molecule has 1 aromatic rings. The quantitative estimate of drug-likeness (QED) is 0.830. The number of nitrogens with zero attached hydrogens (tertiary/aromatic N) is 1. The number of carboxylic acid groups (broad SMARTS) is 1. The van der Waals surface area contributed by atoms with Crippen molar-refractivity contribution in [3.8, 4) is 5.75 Å². The van der Waals surface area contributed by atoms with E-state index in [0.29, 0.717) is 11.7 Å². The van der Waals surface area contributed by atoms with Gasteiger partial charge in [-0.2, -0.15) is 0 Å². The van der Waals surface area contributed by atoms with E-state index in [1.54, 1.807) is 7.05 Å². The second-order valence-electron chi connectivity index (χ2n) is 4.97. The van der Waals surface area contributed by atoms with Crippen LogP contribution in [0.1, 0.15) is 31.7 Å². The number of carboxylic acids is 1. The van der Waals surface area contributed by atoms with Crippen LogP contribution in [0.25, 0.3) is 0 Å². The van der Waals surface area contributed by atoms with Gasteiger partial charge in [-0.15, -0.1) is 0 Å². The van der Waals surface area contributed by atoms with E-state index in [1.807, 2.05) is 24.3 Å². The molecule has 0 aliphatic carbocycles. The summed E-state index contributed by atoms with van der Waals surface area (Å²) < 4.78 is 5.39. The Bertz CT molecular complexity index is 453. The van der Waals surface area contributed by atoms with Crippen molar-refractivity contribution >= 4 is 11.9 Å². The SMILES string of the molecule is CC(C)c1ccc(OCC(=O)N(C)CCC(=O)O)cc1. The number of benzene rings is 1. The third-order valence-corrected chi connectivity index (χ3v) is 3.00. The Hall–Kier alpha value is -2.04. The summed E-state index contributed by atoms with van der Waals surface area (Å²) in [5.41, 5.74) is 1.21. The number of hydrogen-bond donors (Lipinski definition) is 1. The van der Waals surface area contributed by atoms with Crippen LogP contribution in [0.15, 0.2) is 24.3 Å². The van der Waals surface area contributed by atoms with Crippen LogP contribution >= 0.6 is 0 Å². The molecule has 0 atom stereocenters. The Morgan fingerprint density at radius 3 is 2.35 bits per heavy atom. The van der Waals surface area contributed by atoms with E-state index in [4.69, 9.17) is 9.84 Å². The number of ether oxygens (including phenoxy) is 1. The number of rotatable bonds is 7. The number of hydrogen-bond acceptors (Lipinski definition) is 3. The maximum Gasteiger partial charge on any atom is 0.305 e. The molecule has 1 aromatic carbocycles. The van der Waals surface area contributed by atoms with Crippen LogP contribution in [0.2, 0.25) is 0 Å². The summed E-state index contributed by atoms with van der Waals surface area (Å²) in [5.74, 6) is -0.0729. The summed E-state index contributed by atoms with van der Waals surface area (Å²) in [7, 11) is 1.57. The fraction of sp³-hybridized carbons (Fsp3) is 0.467. The van der Waals surface area contributed by atoms with Crippen molar-refractivity contribution in [2.24, 2.45) is 0 Å². The van der Waals surface area contributed by atoms with E-state index in [9.17, 15) is 9.59 Å². The lowest BCUT2D eigenvalue weighted by Gasteiger charge is -2.16. The van der Waals surface area contributed by atoms with E-state index < -0.39 is 5.97 Å². The standard InChI is InChI=1S/C15H21NO4/c1-11(2)12-4-6-13(7-5-12)20-10-14(17)16(3)9-8-15(18)19/h4-7,11H,8-10H2,1-3H3,(H,18,19). The van der Waals surface area contributed by atoms with Crippen LogP contribution in [0.5, 0.6) is 5.75 Å². The van der Waals surface area contributed by atoms with Gasteiger partial charge in [0.15, 0.2) is 6.61 Å². The molecule has 0 aliphatic rings. The van der Waals surface area contributed by atoms with Gasteiger partial charge >= 0.3 is 5.97 Å². The minimum absolute atomic E-state index is 0.0642. The third kappa shape index (κ3) is 5.30. The second kappa shape index (κ2) is 7.53. The Morgan fingerprint density at radius 1 is 1.25 bits per heavy atom. The van der Waals surface area contributed by atoms with Crippen molar-refractivity contribution in [3.05, 3.63) is 29.8 Å². The third-order valence-electron chi connectivity index (χ3n) is 3.00. The summed E-state index contributed by atoms with van der Waals surface area (Å²) >= 11 is 0. The van der Waals surface area contributed by atoms with Crippen molar-refractivity contribution < 1.29 is 19.4 Å². The molecule has 0 fully saturated rings. The largest absolute Gasteiger partial charge is 0.484 e. The topological polar surface area (TPSA) is 66.8 Å². The summed E-state index contributed by atoms with van der Waals surface area (Å²) in [6.07, 6.45) is -0.0642. The lowest BCUT2D eigenvalue weighted by atomic mass is 10.0. The molecule has 1 N–H and O–H groups in total. The molecular formula is C15H21NO4. The Morgan fingerprint density at radius 2 is 1.85 bits per heavy atom. The van der Waals surface area contributed by atoms with Gasteiger partial charge in [0, 0.05) is 13.6 Å². The number of carbonyl (C=O) groups is 2. The zero-order chi connectivity index (χ0) is 15.1. The van der Waals surface area contributed by atoms with Gasteiger partial charge in [0.05, 0.1) is 6.42 Å². The molecule has 1 rings (SSSR count). The fourth-order valence-electron chi connectivity index (χ4n) is 1.59. The first-order valence-corrected chi connectivity index (χ1v) is 6.58. The summed E-state index contributed by atoms with van der Waals surface area (Å²) in [4.78, 5) is 23.5. The average molecular weight is 279 g/mol. The average Bonchev–Trinajstić information content (AvgIpc) is 2.42. The molecule has 1 amide bonds. The second-order valence-corrected chi connectivity index (χ2v) is 4.97. The minimum atomic E-state index is -0.921. The maximum absolute atomic E-state index is 11.7. The Balaban J connectivity index is 2.42. The lowest BCUT2D eigenvalue weighted by molar-refractivity contribution is -0.138. The number of aliphatic carboxylic acids is 1. The molecular weight excluding hydrogens is 258 g/mol. The van der Waals surface area contributed by atoms with Crippen LogP contribution in [-0.2, 0) is 9.59 Å². The first-order chi connectivity index (χ1) is 9.40. The van der Waals surface area contributed by atoms with Crippen LogP contribution in [0.3, 0.4) is 0 Å². The highest BCUT2D eigenvalue weighted by Crippen LogP contribution is 2.18. The van der Waals surface area contributed by atoms with Crippen molar-refractivity contribution in [2.45, 2.75) is 26.2 Å². The van der Waals surface area contributed by atoms with E-state index in [-0.39, 0.29) is 25.5 Å². The van der Waals surface area contributed by atoms with Gasteiger partial charge in [-0.1, -0.05) is 26.0 Å². The number of carbonyl (C=O) groups excluding carboxylic acids is 1. The van der Waals surface area contributed by atoms with Gasteiger partial charge < -0.3 is 14.7 Å². The molecule has 0 saturated carbocycles. The molecule has 0 radical (unpaired) electrons. The highest BCUT2D eigenvalue weighted by atomic mass is 16.5. The van der Waals surface area contributed by atoms with Gasteiger partial charge in [0.1, 0.15) is 5.75 Å². The predicted octanol–water partition coefficient (Wildman–Crippen LogP) is 2.12. The van der Waals surface area contributed by atoms with Crippen LogP contribution in [0, 0.1) is 0 Å². The van der Waals surface area contributed by atoms with Crippen LogP contribution in [-0.4, -0.2) is 42.1 Å². The molecule has 0 spiro atoms. The van der Waals surface area contributed by atoms with Gasteiger partial charge in [-0.05, 0) is 23.6 Å². The summed E-state index contributed by atoms with van der Waals surface area (Å²) in [6, 6.07) is 7.61. The normalized spacial score (nSPS) is 10.4. The lowest BCUT2D eigenvalue weighted by Crippen LogP contribution is -2.33. The molecule has 0 unspecified atom stereocenters. The maximum atomic E-state index is 11.7. The predicted molar refractivity (Wildman–Crippen MR) is 75.9 cm³/mol. The van der Waals surface area contributed by atoms with Crippen LogP contribution in [0.4, 0.5) is 0 Å². The molecule has 0 heterocycles. The first kappa shape index (κ1) is 16.0. The summed E-state index contributed by atoms with van der Waals surface area (Å²) in [6.45, 7) is 4.31. The fourth-order valence-corrected chi connectivity index (χ4v) is 1.59. The molecule has 20 heavy (non-hydrogen) atoms. The van der Waals surface area contributed by atoms with Crippen molar-refractivity contribution in [1.82, 2.24) is 4.90 Å². The molecule has 0 bridgehead atoms. The molecule has 0 aliphatic heterocycles. The van der Waals surface area contributed by atoms with Gasteiger partial charge in [0.2, 0.25) is 0 Å². The van der Waals surface area contributed by atoms with E-state index in [1.165, 1.54) is 10.5 Å². The highest BCUT2D eigenvalue weighted by molar-refractivity contribution is 5.78. The number of amides is 1. The zero-order valence-corrected chi connectivity index (χ0v) is 12.1. The highest BCUT2D eigenvalue weighted by Gasteiger charge is 2.11. The van der Waals surface area contributed by atoms with E-state index in [2.05, 4.69) is 13.8 Å². The van der Waals surface area contributed by atoms with Gasteiger partial charge in [-0.25, -0.2) is 0 Å². The van der Waals surface area contributed by atoms with Crippen molar-refractivity contribution in [3.63, 3.8) is 0 Å². The molecule has 5 nitrogen and oxygen atoms in total. The minimum Gasteiger partial charge on any atom is -0.484 e. The smallest absolute Gasteiger partial charge is 0.305 e. The van der Waals surface area contributed by atoms with Crippen molar-refractivity contribution in [1.29, 1.82) is 0 Å². The van der Waals surface area contributed by atoms with Gasteiger partial charge in [-0.3, -0.25) is 9.59 Å². The van der Waals surface area contributed by atoms with Crippen molar-refractivity contribution in [2.75, 3.05) is 20.2 Å². The van der Waals surface area contributed by atoms with E-state index >= 15 is 0 Å². The number of likely N-dealkylation sites (N-methyl/N-ethyl adjacent to an activating group) is 1. The van der Waals surface area contributed by atoms with Crippen LogP contribution < -0.4 is 4.74 Å².